The molecule has 1 aromatic heterocycles. The Morgan fingerprint density at radius 3 is 2.18 bits per heavy atom. The summed E-state index contributed by atoms with van der Waals surface area (Å²) >= 11 is 0. The third-order valence-corrected chi connectivity index (χ3v) is 4.51. The van der Waals surface area contributed by atoms with Gasteiger partial charge in [0, 0.05) is 30.3 Å². The van der Waals surface area contributed by atoms with Gasteiger partial charge in [-0.15, -0.1) is 0 Å². The van der Waals surface area contributed by atoms with Crippen LogP contribution in [0.15, 0.2) is 67.0 Å². The van der Waals surface area contributed by atoms with Crippen LogP contribution in [0.1, 0.15) is 43.6 Å². The van der Waals surface area contributed by atoms with E-state index in [1.807, 2.05) is 66.4 Å². The van der Waals surface area contributed by atoms with E-state index in [1.165, 1.54) is 0 Å². The molecule has 0 aliphatic rings. The number of carbonyl (C=O) groups is 1. The molecular formula is C23H26N4O. The quantitative estimate of drug-likeness (QED) is 0.668. The highest BCUT2D eigenvalue weighted by atomic mass is 16.1. The van der Waals surface area contributed by atoms with E-state index >= 15 is 0 Å². The lowest BCUT2D eigenvalue weighted by molar-refractivity contribution is 0.102. The van der Waals surface area contributed by atoms with Gasteiger partial charge in [0.2, 0.25) is 5.95 Å². The van der Waals surface area contributed by atoms with Crippen molar-refractivity contribution in [3.05, 3.63) is 78.1 Å². The molecule has 0 aliphatic carbocycles. The smallest absolute Gasteiger partial charge is 0.258 e. The minimum Gasteiger partial charge on any atom is -0.322 e. The van der Waals surface area contributed by atoms with Gasteiger partial charge in [-0.1, -0.05) is 57.2 Å². The minimum atomic E-state index is -0.217. The molecule has 0 radical (unpaired) electrons. The highest BCUT2D eigenvalue weighted by molar-refractivity contribution is 6.04. The Bertz CT molecular complexity index is 931. The molecule has 0 saturated carbocycles. The number of benzene rings is 2. The summed E-state index contributed by atoms with van der Waals surface area (Å²) < 4.78 is 0. The van der Waals surface area contributed by atoms with Gasteiger partial charge in [0.1, 0.15) is 0 Å². The van der Waals surface area contributed by atoms with Gasteiger partial charge in [0.25, 0.3) is 5.91 Å². The Labute approximate surface area is 166 Å². The number of hydrogen-bond acceptors (Lipinski definition) is 4. The van der Waals surface area contributed by atoms with Crippen LogP contribution in [-0.4, -0.2) is 22.4 Å². The first-order chi connectivity index (χ1) is 13.4. The Morgan fingerprint density at radius 1 is 0.964 bits per heavy atom. The molecule has 28 heavy (non-hydrogen) atoms. The molecule has 2 aromatic carbocycles. The second kappa shape index (κ2) is 8.21. The summed E-state index contributed by atoms with van der Waals surface area (Å²) in [6, 6.07) is 17.8. The molecule has 0 unspecified atom stereocenters. The van der Waals surface area contributed by atoms with Crippen molar-refractivity contribution in [1.82, 2.24) is 9.97 Å². The maximum absolute atomic E-state index is 12.7. The second-order valence-corrected chi connectivity index (χ2v) is 7.60. The van der Waals surface area contributed by atoms with Gasteiger partial charge in [0.15, 0.2) is 0 Å². The zero-order valence-corrected chi connectivity index (χ0v) is 16.8. The molecule has 1 heterocycles. The van der Waals surface area contributed by atoms with Crippen molar-refractivity contribution in [2.45, 2.75) is 33.1 Å². The molecule has 1 amide bonds. The van der Waals surface area contributed by atoms with Gasteiger partial charge in [-0.05, 0) is 36.1 Å². The predicted molar refractivity (Wildman–Crippen MR) is 114 cm³/mol. The standard InChI is InChI=1S/C23H26N4O/c1-5-27(18-11-7-6-8-12-18)22-24-15-17(16-25-22)21(28)26-20-14-10-9-13-19(20)23(2,3)4/h6-16H,5H2,1-4H3,(H,26,28). The molecule has 3 aromatic rings. The monoisotopic (exact) mass is 374 g/mol. The average Bonchev–Trinajstić information content (AvgIpc) is 2.69. The topological polar surface area (TPSA) is 58.1 Å². The highest BCUT2D eigenvalue weighted by Crippen LogP contribution is 2.29. The van der Waals surface area contributed by atoms with Crippen molar-refractivity contribution in [2.75, 3.05) is 16.8 Å². The van der Waals surface area contributed by atoms with Gasteiger partial charge >= 0.3 is 0 Å². The molecule has 3 rings (SSSR count). The number of hydrogen-bond donors (Lipinski definition) is 1. The third kappa shape index (κ3) is 4.36. The number of nitrogens with one attached hydrogen (secondary N) is 1. The first kappa shape index (κ1) is 19.5. The van der Waals surface area contributed by atoms with Gasteiger partial charge < -0.3 is 10.2 Å². The molecule has 0 fully saturated rings. The minimum absolute atomic E-state index is 0.0679. The SMILES string of the molecule is CCN(c1ccccc1)c1ncc(C(=O)Nc2ccccc2C(C)(C)C)cn1. The Morgan fingerprint density at radius 2 is 1.57 bits per heavy atom. The van der Waals surface area contributed by atoms with Crippen molar-refractivity contribution in [3.8, 4) is 0 Å². The summed E-state index contributed by atoms with van der Waals surface area (Å²) in [5.41, 5.74) is 3.27. The summed E-state index contributed by atoms with van der Waals surface area (Å²) in [5.74, 6) is 0.353. The van der Waals surface area contributed by atoms with Gasteiger partial charge in [-0.2, -0.15) is 0 Å². The zero-order chi connectivity index (χ0) is 20.1. The van der Waals surface area contributed by atoms with Gasteiger partial charge in [-0.3, -0.25) is 4.79 Å². The van der Waals surface area contributed by atoms with Crippen LogP contribution in [0, 0.1) is 0 Å². The van der Waals surface area contributed by atoms with Crippen LogP contribution in [0.4, 0.5) is 17.3 Å². The van der Waals surface area contributed by atoms with Gasteiger partial charge in [-0.25, -0.2) is 9.97 Å². The lowest BCUT2D eigenvalue weighted by atomic mass is 9.86. The Balaban J connectivity index is 1.80. The number of nitrogens with zero attached hydrogens (tertiary/aromatic N) is 3. The van der Waals surface area contributed by atoms with Crippen LogP contribution in [-0.2, 0) is 5.41 Å². The maximum Gasteiger partial charge on any atom is 0.258 e. The lowest BCUT2D eigenvalue weighted by Gasteiger charge is -2.23. The molecule has 144 valence electrons. The van der Waals surface area contributed by atoms with Crippen LogP contribution in [0.2, 0.25) is 0 Å². The van der Waals surface area contributed by atoms with E-state index in [1.54, 1.807) is 12.4 Å². The summed E-state index contributed by atoms with van der Waals surface area (Å²) in [6.07, 6.45) is 3.14. The van der Waals surface area contributed by atoms with E-state index in [9.17, 15) is 4.79 Å². The number of amides is 1. The molecule has 0 saturated heterocycles. The van der Waals surface area contributed by atoms with Crippen molar-refractivity contribution in [1.29, 1.82) is 0 Å². The van der Waals surface area contributed by atoms with Crippen molar-refractivity contribution >= 4 is 23.2 Å². The number of rotatable bonds is 5. The van der Waals surface area contributed by atoms with E-state index < -0.39 is 0 Å². The normalized spacial score (nSPS) is 11.1. The Hall–Kier alpha value is -3.21. The second-order valence-electron chi connectivity index (χ2n) is 7.60. The molecular weight excluding hydrogens is 348 g/mol. The summed E-state index contributed by atoms with van der Waals surface area (Å²) in [6.45, 7) is 9.14. The molecule has 0 spiro atoms. The average molecular weight is 374 g/mol. The molecule has 0 aliphatic heterocycles. The third-order valence-electron chi connectivity index (χ3n) is 4.51. The fourth-order valence-corrected chi connectivity index (χ4v) is 3.07. The van der Waals surface area contributed by atoms with Crippen LogP contribution >= 0.6 is 0 Å². The predicted octanol–water partition coefficient (Wildman–Crippen LogP) is 5.18. The Kier molecular flexibility index (Phi) is 5.73. The van der Waals surface area contributed by atoms with E-state index in [-0.39, 0.29) is 11.3 Å². The van der Waals surface area contributed by atoms with Crippen LogP contribution in [0.5, 0.6) is 0 Å². The number of para-hydroxylation sites is 2. The van der Waals surface area contributed by atoms with E-state index in [0.717, 1.165) is 23.5 Å². The highest BCUT2D eigenvalue weighted by Gasteiger charge is 2.19. The number of anilines is 3. The molecule has 0 atom stereocenters. The summed E-state index contributed by atoms with van der Waals surface area (Å²) in [7, 11) is 0. The van der Waals surface area contributed by atoms with Crippen molar-refractivity contribution in [3.63, 3.8) is 0 Å². The van der Waals surface area contributed by atoms with E-state index in [0.29, 0.717) is 11.5 Å². The molecule has 1 N–H and O–H groups in total. The first-order valence-electron chi connectivity index (χ1n) is 9.45. The van der Waals surface area contributed by atoms with E-state index in [4.69, 9.17) is 0 Å². The van der Waals surface area contributed by atoms with E-state index in [2.05, 4.69) is 36.1 Å². The van der Waals surface area contributed by atoms with Crippen molar-refractivity contribution in [2.24, 2.45) is 0 Å². The van der Waals surface area contributed by atoms with Crippen molar-refractivity contribution < 1.29 is 4.79 Å². The first-order valence-corrected chi connectivity index (χ1v) is 9.45. The molecule has 0 bridgehead atoms. The molecule has 5 nitrogen and oxygen atoms in total. The number of carbonyl (C=O) groups excluding carboxylic acids is 1. The fraction of sp³-hybridized carbons (Fsp3) is 0.261. The molecule has 5 heteroatoms. The number of aromatic nitrogens is 2. The summed E-state index contributed by atoms with van der Waals surface area (Å²) in [4.78, 5) is 23.5. The van der Waals surface area contributed by atoms with Crippen LogP contribution < -0.4 is 10.2 Å². The largest absolute Gasteiger partial charge is 0.322 e. The zero-order valence-electron chi connectivity index (χ0n) is 16.8. The van der Waals surface area contributed by atoms with Crippen LogP contribution in [0.3, 0.4) is 0 Å². The van der Waals surface area contributed by atoms with Crippen LogP contribution in [0.25, 0.3) is 0 Å². The lowest BCUT2D eigenvalue weighted by Crippen LogP contribution is -2.21. The fourth-order valence-electron chi connectivity index (χ4n) is 3.07. The maximum atomic E-state index is 12.7. The van der Waals surface area contributed by atoms with Gasteiger partial charge in [0.05, 0.1) is 5.56 Å². The summed E-state index contributed by atoms with van der Waals surface area (Å²) in [5, 5.41) is 3.00.